The van der Waals surface area contributed by atoms with Crippen LogP contribution in [0.5, 0.6) is 5.75 Å². The monoisotopic (exact) mass is 234 g/mol. The second-order valence-electron chi connectivity index (χ2n) is 5.20. The summed E-state index contributed by atoms with van der Waals surface area (Å²) in [5.74, 6) is 0.952. The fourth-order valence-electron chi connectivity index (χ4n) is 2.29. The number of para-hydroxylation sites is 1. The van der Waals surface area contributed by atoms with Gasteiger partial charge in [-0.25, -0.2) is 0 Å². The number of nitrogens with zero attached hydrogens (tertiary/aromatic N) is 1. The number of rotatable bonds is 5. The van der Waals surface area contributed by atoms with Gasteiger partial charge in [0.05, 0.1) is 0 Å². The quantitative estimate of drug-likeness (QED) is 0.843. The third-order valence-electron chi connectivity index (χ3n) is 3.55. The first-order valence-electron chi connectivity index (χ1n) is 6.32. The first-order chi connectivity index (χ1) is 8.22. The second kappa shape index (κ2) is 5.52. The van der Waals surface area contributed by atoms with E-state index in [1.54, 1.807) is 0 Å². The van der Waals surface area contributed by atoms with Crippen molar-refractivity contribution in [2.45, 2.75) is 13.3 Å². The van der Waals surface area contributed by atoms with Crippen LogP contribution in [0.4, 0.5) is 0 Å². The third kappa shape index (κ3) is 3.45. The number of benzene rings is 1. The predicted molar refractivity (Wildman–Crippen MR) is 70.2 cm³/mol. The fraction of sp³-hybridized carbons (Fsp3) is 0.571. The summed E-state index contributed by atoms with van der Waals surface area (Å²) in [6.07, 6.45) is 1.20. The van der Waals surface area contributed by atoms with Crippen LogP contribution in [0.3, 0.4) is 0 Å². The minimum Gasteiger partial charge on any atom is -0.492 e. The van der Waals surface area contributed by atoms with Crippen molar-refractivity contribution in [3.8, 4) is 5.75 Å². The molecule has 1 aliphatic rings. The van der Waals surface area contributed by atoms with Gasteiger partial charge >= 0.3 is 0 Å². The Morgan fingerprint density at radius 2 is 2.12 bits per heavy atom. The third-order valence-corrected chi connectivity index (χ3v) is 3.55. The highest BCUT2D eigenvalue weighted by atomic mass is 16.5. The lowest BCUT2D eigenvalue weighted by atomic mass is 9.90. The molecular weight excluding hydrogens is 212 g/mol. The van der Waals surface area contributed by atoms with Gasteiger partial charge in [-0.2, -0.15) is 0 Å². The van der Waals surface area contributed by atoms with Gasteiger partial charge in [0.25, 0.3) is 0 Å². The smallest absolute Gasteiger partial charge is 0.119 e. The largest absolute Gasteiger partial charge is 0.492 e. The summed E-state index contributed by atoms with van der Waals surface area (Å²) in [6.45, 7) is 7.04. The highest BCUT2D eigenvalue weighted by Gasteiger charge is 2.31. The van der Waals surface area contributed by atoms with Crippen molar-refractivity contribution < 1.29 is 4.74 Å². The minimum atomic E-state index is 0.312. The maximum atomic E-state index is 5.79. The molecule has 1 fully saturated rings. The standard InChI is InChI=1S/C14H22N2O/c1-14(11-15)7-8-16(12-14)9-10-17-13-5-3-2-4-6-13/h2-6H,7-12,15H2,1H3. The van der Waals surface area contributed by atoms with Crippen LogP contribution in [0.25, 0.3) is 0 Å². The van der Waals surface area contributed by atoms with Crippen LogP contribution < -0.4 is 10.5 Å². The maximum Gasteiger partial charge on any atom is 0.119 e. The highest BCUT2D eigenvalue weighted by Crippen LogP contribution is 2.27. The van der Waals surface area contributed by atoms with E-state index < -0.39 is 0 Å². The van der Waals surface area contributed by atoms with Crippen molar-refractivity contribution in [1.82, 2.24) is 4.90 Å². The summed E-state index contributed by atoms with van der Waals surface area (Å²) in [5, 5.41) is 0. The van der Waals surface area contributed by atoms with Gasteiger partial charge < -0.3 is 10.5 Å². The van der Waals surface area contributed by atoms with Crippen LogP contribution in [-0.2, 0) is 0 Å². The van der Waals surface area contributed by atoms with Crippen molar-refractivity contribution >= 4 is 0 Å². The van der Waals surface area contributed by atoms with E-state index >= 15 is 0 Å². The normalized spacial score (nSPS) is 25.1. The molecule has 0 radical (unpaired) electrons. The molecule has 17 heavy (non-hydrogen) atoms. The minimum absolute atomic E-state index is 0.312. The summed E-state index contributed by atoms with van der Waals surface area (Å²) in [6, 6.07) is 9.98. The van der Waals surface area contributed by atoms with E-state index in [1.807, 2.05) is 30.3 Å². The van der Waals surface area contributed by atoms with Crippen LogP contribution in [0, 0.1) is 5.41 Å². The molecule has 1 heterocycles. The van der Waals surface area contributed by atoms with E-state index in [1.165, 1.54) is 6.42 Å². The number of hydrogen-bond acceptors (Lipinski definition) is 3. The van der Waals surface area contributed by atoms with Gasteiger partial charge in [-0.05, 0) is 37.1 Å². The van der Waals surface area contributed by atoms with E-state index in [9.17, 15) is 0 Å². The molecule has 1 unspecified atom stereocenters. The van der Waals surface area contributed by atoms with Gasteiger partial charge in [-0.1, -0.05) is 25.1 Å². The van der Waals surface area contributed by atoms with Crippen molar-refractivity contribution in [2.75, 3.05) is 32.8 Å². The molecule has 3 heteroatoms. The first-order valence-corrected chi connectivity index (χ1v) is 6.32. The Bertz CT molecular complexity index is 341. The number of hydrogen-bond donors (Lipinski definition) is 1. The lowest BCUT2D eigenvalue weighted by Gasteiger charge is -2.22. The van der Waals surface area contributed by atoms with Gasteiger partial charge in [-0.15, -0.1) is 0 Å². The molecule has 1 aromatic carbocycles. The van der Waals surface area contributed by atoms with Crippen molar-refractivity contribution in [3.63, 3.8) is 0 Å². The molecule has 2 rings (SSSR count). The molecular formula is C14H22N2O. The summed E-state index contributed by atoms with van der Waals surface area (Å²) in [4.78, 5) is 2.44. The molecule has 0 aromatic heterocycles. The second-order valence-corrected chi connectivity index (χ2v) is 5.20. The average Bonchev–Trinajstić information content (AvgIpc) is 2.74. The lowest BCUT2D eigenvalue weighted by Crippen LogP contribution is -2.33. The number of ether oxygens (including phenoxy) is 1. The molecule has 0 aliphatic carbocycles. The molecule has 1 aliphatic heterocycles. The molecule has 1 atom stereocenters. The zero-order valence-corrected chi connectivity index (χ0v) is 10.6. The summed E-state index contributed by atoms with van der Waals surface area (Å²) in [7, 11) is 0. The van der Waals surface area contributed by atoms with Gasteiger partial charge in [0.15, 0.2) is 0 Å². The zero-order chi connectivity index (χ0) is 12.1. The predicted octanol–water partition coefficient (Wildman–Crippen LogP) is 1.74. The van der Waals surface area contributed by atoms with E-state index in [-0.39, 0.29) is 0 Å². The molecule has 3 nitrogen and oxygen atoms in total. The van der Waals surface area contributed by atoms with E-state index in [2.05, 4.69) is 11.8 Å². The molecule has 0 amide bonds. The Labute approximate surface area is 104 Å². The average molecular weight is 234 g/mol. The molecule has 0 saturated carbocycles. The lowest BCUT2D eigenvalue weighted by molar-refractivity contribution is 0.219. The Balaban J connectivity index is 1.70. The number of likely N-dealkylation sites (tertiary alicyclic amines) is 1. The highest BCUT2D eigenvalue weighted by molar-refractivity contribution is 5.20. The van der Waals surface area contributed by atoms with E-state index in [4.69, 9.17) is 10.5 Å². The fourth-order valence-corrected chi connectivity index (χ4v) is 2.29. The van der Waals surface area contributed by atoms with Crippen molar-refractivity contribution in [2.24, 2.45) is 11.1 Å². The molecule has 2 N–H and O–H groups in total. The summed E-state index contributed by atoms with van der Waals surface area (Å²) >= 11 is 0. The Kier molecular flexibility index (Phi) is 4.02. The molecule has 0 spiro atoms. The molecule has 0 bridgehead atoms. The Hall–Kier alpha value is -1.06. The van der Waals surface area contributed by atoms with Crippen molar-refractivity contribution in [1.29, 1.82) is 0 Å². The van der Waals surface area contributed by atoms with Gasteiger partial charge in [0.2, 0.25) is 0 Å². The van der Waals surface area contributed by atoms with Crippen LogP contribution in [-0.4, -0.2) is 37.7 Å². The molecule has 1 aromatic rings. The summed E-state index contributed by atoms with van der Waals surface area (Å²) < 4.78 is 5.70. The Morgan fingerprint density at radius 3 is 2.76 bits per heavy atom. The van der Waals surface area contributed by atoms with Crippen LogP contribution in [0.15, 0.2) is 30.3 Å². The van der Waals surface area contributed by atoms with Gasteiger partial charge in [-0.3, -0.25) is 4.90 Å². The van der Waals surface area contributed by atoms with E-state index in [0.29, 0.717) is 5.41 Å². The molecule has 94 valence electrons. The van der Waals surface area contributed by atoms with Gasteiger partial charge in [0.1, 0.15) is 12.4 Å². The Morgan fingerprint density at radius 1 is 1.35 bits per heavy atom. The number of nitrogens with two attached hydrogens (primary N) is 1. The summed E-state index contributed by atoms with van der Waals surface area (Å²) in [5.41, 5.74) is 6.10. The SMILES string of the molecule is CC1(CN)CCN(CCOc2ccccc2)C1. The van der Waals surface area contributed by atoms with Crippen LogP contribution in [0.2, 0.25) is 0 Å². The van der Waals surface area contributed by atoms with E-state index in [0.717, 1.165) is 38.5 Å². The van der Waals surface area contributed by atoms with Gasteiger partial charge in [0, 0.05) is 13.1 Å². The van der Waals surface area contributed by atoms with Crippen LogP contribution >= 0.6 is 0 Å². The zero-order valence-electron chi connectivity index (χ0n) is 10.6. The topological polar surface area (TPSA) is 38.5 Å². The first kappa shape index (κ1) is 12.4. The molecule has 1 saturated heterocycles. The van der Waals surface area contributed by atoms with Crippen LogP contribution in [0.1, 0.15) is 13.3 Å². The maximum absolute atomic E-state index is 5.79. The van der Waals surface area contributed by atoms with Crippen molar-refractivity contribution in [3.05, 3.63) is 30.3 Å².